The van der Waals surface area contributed by atoms with Gasteiger partial charge in [-0.25, -0.2) is 14.8 Å². The number of pyridine rings is 1. The van der Waals surface area contributed by atoms with Crippen LogP contribution in [0.3, 0.4) is 0 Å². The minimum atomic E-state index is -0.518. The van der Waals surface area contributed by atoms with Crippen molar-refractivity contribution in [3.8, 4) is 11.4 Å². The first-order valence-electron chi connectivity index (χ1n) is 10.0. The minimum Gasteiger partial charge on any atom is -0.444 e. The summed E-state index contributed by atoms with van der Waals surface area (Å²) in [7, 11) is 0. The maximum Gasteiger partial charge on any atom is 0.411 e. The molecular weight excluding hydrogens is 352 g/mol. The van der Waals surface area contributed by atoms with Crippen LogP contribution in [0.5, 0.6) is 0 Å². The highest BCUT2D eigenvalue weighted by Crippen LogP contribution is 2.46. The van der Waals surface area contributed by atoms with Gasteiger partial charge in [-0.3, -0.25) is 9.88 Å². The van der Waals surface area contributed by atoms with E-state index in [0.717, 1.165) is 41.9 Å². The highest BCUT2D eigenvalue weighted by molar-refractivity contribution is 5.71. The van der Waals surface area contributed by atoms with Gasteiger partial charge in [0.25, 0.3) is 0 Å². The van der Waals surface area contributed by atoms with Crippen LogP contribution in [0.25, 0.3) is 11.4 Å². The Bertz CT molecular complexity index is 891. The van der Waals surface area contributed by atoms with E-state index in [4.69, 9.17) is 14.7 Å². The first kappa shape index (κ1) is 18.8. The highest BCUT2D eigenvalue weighted by atomic mass is 16.6. The third-order valence-corrected chi connectivity index (χ3v) is 5.57. The number of carbonyl (C=O) groups is 1. The molecule has 3 atom stereocenters. The van der Waals surface area contributed by atoms with Gasteiger partial charge in [0.1, 0.15) is 11.4 Å². The van der Waals surface area contributed by atoms with Crippen LogP contribution >= 0.6 is 0 Å². The number of piperidine rings is 1. The molecule has 2 aromatic rings. The zero-order chi connectivity index (χ0) is 20.1. The summed E-state index contributed by atoms with van der Waals surface area (Å²) in [4.78, 5) is 29.1. The molecule has 2 bridgehead atoms. The molecule has 0 radical (unpaired) electrons. The van der Waals surface area contributed by atoms with E-state index >= 15 is 0 Å². The van der Waals surface area contributed by atoms with E-state index < -0.39 is 5.60 Å². The van der Waals surface area contributed by atoms with Crippen molar-refractivity contribution in [1.29, 1.82) is 0 Å². The quantitative estimate of drug-likeness (QED) is 0.730. The van der Waals surface area contributed by atoms with Crippen LogP contribution in [0.2, 0.25) is 0 Å². The van der Waals surface area contributed by atoms with Gasteiger partial charge >= 0.3 is 6.09 Å². The Hall–Kier alpha value is -2.50. The van der Waals surface area contributed by atoms with Crippen molar-refractivity contribution in [2.24, 2.45) is 5.92 Å². The van der Waals surface area contributed by atoms with Gasteiger partial charge in [0.2, 0.25) is 0 Å². The number of ether oxygens (including phenoxy) is 1. The molecule has 1 fully saturated rings. The van der Waals surface area contributed by atoms with Crippen molar-refractivity contribution in [2.75, 3.05) is 0 Å². The van der Waals surface area contributed by atoms with E-state index in [9.17, 15) is 4.79 Å². The van der Waals surface area contributed by atoms with Gasteiger partial charge in [-0.05, 0) is 65.0 Å². The maximum absolute atomic E-state index is 13.1. The molecule has 6 nitrogen and oxygen atoms in total. The zero-order valence-electron chi connectivity index (χ0n) is 17.3. The fraction of sp³-hybridized carbons (Fsp3) is 0.545. The fourth-order valence-corrected chi connectivity index (χ4v) is 4.45. The zero-order valence-corrected chi connectivity index (χ0v) is 17.3. The number of hydrogen-bond acceptors (Lipinski definition) is 5. The molecule has 0 spiro atoms. The van der Waals surface area contributed by atoms with E-state index in [1.54, 1.807) is 6.20 Å². The second-order valence-corrected chi connectivity index (χ2v) is 8.94. The van der Waals surface area contributed by atoms with Gasteiger partial charge in [-0.15, -0.1) is 0 Å². The van der Waals surface area contributed by atoms with Crippen LogP contribution in [-0.2, 0) is 11.2 Å². The molecule has 1 saturated heterocycles. The van der Waals surface area contributed by atoms with E-state index in [0.29, 0.717) is 11.7 Å². The van der Waals surface area contributed by atoms with Crippen molar-refractivity contribution in [3.63, 3.8) is 0 Å². The molecule has 2 aliphatic rings. The summed E-state index contributed by atoms with van der Waals surface area (Å²) in [5.41, 5.74) is 3.33. The Labute approximate surface area is 166 Å². The highest BCUT2D eigenvalue weighted by Gasteiger charge is 2.47. The van der Waals surface area contributed by atoms with Crippen molar-refractivity contribution in [1.82, 2.24) is 19.9 Å². The van der Waals surface area contributed by atoms with Crippen LogP contribution < -0.4 is 0 Å². The van der Waals surface area contributed by atoms with Gasteiger partial charge in [-0.2, -0.15) is 0 Å². The third-order valence-electron chi connectivity index (χ3n) is 5.57. The summed E-state index contributed by atoms with van der Waals surface area (Å²) in [6.07, 6.45) is 4.33. The number of aromatic nitrogens is 3. The van der Waals surface area contributed by atoms with Crippen molar-refractivity contribution >= 4 is 6.09 Å². The SMILES string of the molecule is Cc1nc(-c2ccccn2)c2c(n1)[C@H]1[C@H](C)CC[C@@H](C2)N1C(=O)OC(C)(C)C. The van der Waals surface area contributed by atoms with Crippen molar-refractivity contribution in [2.45, 2.75) is 71.6 Å². The standard InChI is InChI=1S/C22H28N4O2/c1-13-9-10-15-12-16-18(17-8-6-7-11-23-17)24-14(2)25-19(16)20(13)26(15)21(27)28-22(3,4)5/h6-8,11,13,15,20H,9-10,12H2,1-5H3/t13-,15+,20-/m1/s1. The first-order valence-corrected chi connectivity index (χ1v) is 10.0. The molecule has 0 aromatic carbocycles. The van der Waals surface area contributed by atoms with Gasteiger partial charge in [0, 0.05) is 17.8 Å². The molecule has 4 rings (SSSR count). The number of amides is 1. The molecule has 1 amide bonds. The van der Waals surface area contributed by atoms with Crippen molar-refractivity contribution in [3.05, 3.63) is 41.5 Å². The van der Waals surface area contributed by atoms with E-state index in [2.05, 4.69) is 11.9 Å². The average molecular weight is 380 g/mol. The molecule has 2 aromatic heterocycles. The normalized spacial score (nSPS) is 23.9. The van der Waals surface area contributed by atoms with Gasteiger partial charge in [0.15, 0.2) is 0 Å². The molecule has 0 N–H and O–H groups in total. The number of carbonyl (C=O) groups excluding carboxylic acids is 1. The maximum atomic E-state index is 13.1. The molecule has 4 heterocycles. The average Bonchev–Trinajstić information content (AvgIpc) is 2.63. The number of fused-ring (bicyclic) bond motifs is 4. The molecule has 0 aliphatic carbocycles. The number of nitrogens with zero attached hydrogens (tertiary/aromatic N) is 4. The number of rotatable bonds is 1. The lowest BCUT2D eigenvalue weighted by Gasteiger charge is -2.49. The lowest BCUT2D eigenvalue weighted by molar-refractivity contribution is -0.0227. The van der Waals surface area contributed by atoms with Crippen molar-refractivity contribution < 1.29 is 9.53 Å². The topological polar surface area (TPSA) is 68.2 Å². The number of aryl methyl sites for hydroxylation is 1. The van der Waals surface area contributed by atoms with E-state index in [1.165, 1.54) is 0 Å². The van der Waals surface area contributed by atoms with Gasteiger partial charge in [-0.1, -0.05) is 13.0 Å². The smallest absolute Gasteiger partial charge is 0.411 e. The second kappa shape index (κ2) is 6.83. The molecule has 6 heteroatoms. The Morgan fingerprint density at radius 2 is 2.00 bits per heavy atom. The predicted octanol–water partition coefficient (Wildman–Crippen LogP) is 4.48. The van der Waals surface area contributed by atoms with Crippen LogP contribution in [0.4, 0.5) is 4.79 Å². The van der Waals surface area contributed by atoms with Crippen LogP contribution in [0, 0.1) is 12.8 Å². The second-order valence-electron chi connectivity index (χ2n) is 8.94. The summed E-state index contributed by atoms with van der Waals surface area (Å²) < 4.78 is 5.75. The van der Waals surface area contributed by atoms with Crippen LogP contribution in [-0.4, -0.2) is 37.6 Å². The Morgan fingerprint density at radius 3 is 2.68 bits per heavy atom. The summed E-state index contributed by atoms with van der Waals surface area (Å²) in [6, 6.07) is 5.90. The summed E-state index contributed by atoms with van der Waals surface area (Å²) >= 11 is 0. The molecule has 28 heavy (non-hydrogen) atoms. The lowest BCUT2D eigenvalue weighted by Crippen LogP contribution is -2.54. The molecular formula is C22H28N4O2. The van der Waals surface area contributed by atoms with Crippen LogP contribution in [0.15, 0.2) is 24.4 Å². The Kier molecular flexibility index (Phi) is 4.60. The number of hydrogen-bond donors (Lipinski definition) is 0. The first-order chi connectivity index (χ1) is 13.2. The predicted molar refractivity (Wildman–Crippen MR) is 107 cm³/mol. The summed E-state index contributed by atoms with van der Waals surface area (Å²) in [5.74, 6) is 1.02. The fourth-order valence-electron chi connectivity index (χ4n) is 4.45. The Balaban J connectivity index is 1.83. The summed E-state index contributed by atoms with van der Waals surface area (Å²) in [6.45, 7) is 9.84. The van der Waals surface area contributed by atoms with Crippen LogP contribution in [0.1, 0.15) is 63.7 Å². The largest absolute Gasteiger partial charge is 0.444 e. The van der Waals surface area contributed by atoms with E-state index in [1.807, 2.05) is 50.8 Å². The van der Waals surface area contributed by atoms with Gasteiger partial charge in [0.05, 0.1) is 23.1 Å². The third kappa shape index (κ3) is 3.36. The van der Waals surface area contributed by atoms with Gasteiger partial charge < -0.3 is 4.74 Å². The molecule has 148 valence electrons. The molecule has 0 unspecified atom stereocenters. The monoisotopic (exact) mass is 380 g/mol. The Morgan fingerprint density at radius 1 is 1.21 bits per heavy atom. The minimum absolute atomic E-state index is 0.0819. The lowest BCUT2D eigenvalue weighted by atomic mass is 9.76. The van der Waals surface area contributed by atoms with E-state index in [-0.39, 0.29) is 18.2 Å². The summed E-state index contributed by atoms with van der Waals surface area (Å²) in [5, 5.41) is 0. The molecule has 2 aliphatic heterocycles. The molecule has 0 saturated carbocycles.